The normalized spacial score (nSPS) is 27.3. The van der Waals surface area contributed by atoms with E-state index in [1.807, 2.05) is 0 Å². The molecule has 3 saturated carbocycles. The van der Waals surface area contributed by atoms with Crippen LogP contribution in [0.25, 0.3) is 0 Å². The molecule has 2 N–H and O–H groups in total. The number of allylic oxidation sites excluding steroid dienone is 2. The number of unbranched alkanes of at least 4 members (excludes halogenated alkanes) is 1. The number of nitrogens with zero attached hydrogens (tertiary/aromatic N) is 3. The highest BCUT2D eigenvalue weighted by atomic mass is 79.9. The van der Waals surface area contributed by atoms with Crippen molar-refractivity contribution in [3.05, 3.63) is 46.7 Å². The largest absolute Gasteiger partial charge is 0.240 e. The van der Waals surface area contributed by atoms with Gasteiger partial charge < -0.3 is 0 Å². The van der Waals surface area contributed by atoms with Crippen molar-refractivity contribution in [3.8, 4) is 0 Å². The van der Waals surface area contributed by atoms with Gasteiger partial charge in [-0.25, -0.2) is 13.1 Å². The van der Waals surface area contributed by atoms with Crippen molar-refractivity contribution >= 4 is 26.0 Å². The molecule has 3 aliphatic carbocycles. The lowest BCUT2D eigenvalue weighted by Gasteiger charge is -2.62. The maximum absolute atomic E-state index is 13.1. The Hall–Kier alpha value is -1.58. The monoisotopic (exact) mass is 507 g/mol. The van der Waals surface area contributed by atoms with Gasteiger partial charge in [0.05, 0.1) is 4.90 Å². The second-order valence-electron chi connectivity index (χ2n) is 9.38. The van der Waals surface area contributed by atoms with Crippen LogP contribution in [0.15, 0.2) is 45.8 Å². The van der Waals surface area contributed by atoms with Crippen molar-refractivity contribution in [3.63, 3.8) is 0 Å². The van der Waals surface area contributed by atoms with Gasteiger partial charge in [-0.1, -0.05) is 47.1 Å². The highest BCUT2D eigenvalue weighted by Crippen LogP contribution is 2.61. The minimum Gasteiger partial charge on any atom is -0.207 e. The number of tetrazole rings is 1. The molecule has 5 rings (SSSR count). The summed E-state index contributed by atoms with van der Waals surface area (Å²) in [5.74, 6) is 2.14. The van der Waals surface area contributed by atoms with Crippen LogP contribution >= 0.6 is 15.9 Å². The van der Waals surface area contributed by atoms with Crippen molar-refractivity contribution in [2.45, 2.75) is 63.3 Å². The maximum atomic E-state index is 13.1. The minimum atomic E-state index is -3.55. The molecule has 3 fully saturated rings. The van der Waals surface area contributed by atoms with Crippen LogP contribution in [0, 0.1) is 23.2 Å². The maximum Gasteiger partial charge on any atom is 0.240 e. The number of aryl methyl sites for hydroxylation is 1. The molecule has 0 unspecified atom stereocenters. The molecule has 4 atom stereocenters. The van der Waals surface area contributed by atoms with Gasteiger partial charge >= 0.3 is 0 Å². The molecule has 2 aromatic rings. The van der Waals surface area contributed by atoms with Crippen molar-refractivity contribution in [1.29, 1.82) is 0 Å². The SMILES string of the molecule is CC1(C)[C@H]2C[C@H](C/C=C\CCCc3nn[nH]n3)[C@@H](NS(=O)(=O)c3ccc(Br)cc3)[C@H]1C2. The van der Waals surface area contributed by atoms with Crippen LogP contribution in [-0.4, -0.2) is 35.1 Å². The molecule has 9 heteroatoms. The van der Waals surface area contributed by atoms with E-state index in [9.17, 15) is 8.42 Å². The third-order valence-electron chi connectivity index (χ3n) is 7.26. The Bertz CT molecular complexity index is 1010. The van der Waals surface area contributed by atoms with Crippen LogP contribution in [0.2, 0.25) is 0 Å². The molecule has 0 radical (unpaired) electrons. The third-order valence-corrected chi connectivity index (χ3v) is 9.26. The second-order valence-corrected chi connectivity index (χ2v) is 12.0. The summed E-state index contributed by atoms with van der Waals surface area (Å²) in [5, 5.41) is 14.0. The summed E-state index contributed by atoms with van der Waals surface area (Å²) in [6, 6.07) is 6.82. The fourth-order valence-corrected chi connectivity index (χ4v) is 6.85. The summed E-state index contributed by atoms with van der Waals surface area (Å²) in [5.41, 5.74) is 0.192. The zero-order valence-electron chi connectivity index (χ0n) is 18.0. The van der Waals surface area contributed by atoms with E-state index in [1.54, 1.807) is 24.3 Å². The van der Waals surface area contributed by atoms with E-state index < -0.39 is 10.0 Å². The molecule has 0 amide bonds. The van der Waals surface area contributed by atoms with Gasteiger partial charge in [-0.3, -0.25) is 0 Å². The first-order valence-corrected chi connectivity index (χ1v) is 13.2. The topological polar surface area (TPSA) is 101 Å². The van der Waals surface area contributed by atoms with Crippen molar-refractivity contribution in [1.82, 2.24) is 25.3 Å². The molecule has 2 bridgehead atoms. The van der Waals surface area contributed by atoms with E-state index >= 15 is 0 Å². The van der Waals surface area contributed by atoms with Crippen molar-refractivity contribution < 1.29 is 8.42 Å². The summed E-state index contributed by atoms with van der Waals surface area (Å²) in [6.45, 7) is 4.58. The van der Waals surface area contributed by atoms with Gasteiger partial charge in [-0.2, -0.15) is 5.21 Å². The minimum absolute atomic E-state index is 0.0300. The molecule has 1 heterocycles. The van der Waals surface area contributed by atoms with Gasteiger partial charge in [-0.15, -0.1) is 10.2 Å². The number of benzene rings is 1. The summed E-state index contributed by atoms with van der Waals surface area (Å²) < 4.78 is 30.2. The summed E-state index contributed by atoms with van der Waals surface area (Å²) in [4.78, 5) is 0.325. The van der Waals surface area contributed by atoms with E-state index in [4.69, 9.17) is 0 Å². The van der Waals surface area contributed by atoms with E-state index in [0.29, 0.717) is 22.6 Å². The quantitative estimate of drug-likeness (QED) is 0.390. The Balaban J connectivity index is 1.39. The average molecular weight is 508 g/mol. The smallest absolute Gasteiger partial charge is 0.207 e. The highest BCUT2D eigenvalue weighted by molar-refractivity contribution is 9.10. The lowest BCUT2D eigenvalue weighted by molar-refractivity contribution is -0.108. The summed E-state index contributed by atoms with van der Waals surface area (Å²) in [7, 11) is -3.55. The molecule has 3 aliphatic rings. The Morgan fingerprint density at radius 1 is 1.23 bits per heavy atom. The van der Waals surface area contributed by atoms with Crippen LogP contribution in [0.4, 0.5) is 0 Å². The third kappa shape index (κ3) is 4.93. The molecule has 0 saturated heterocycles. The lowest BCUT2D eigenvalue weighted by atomic mass is 9.45. The number of fused-ring (bicyclic) bond motifs is 2. The van der Waals surface area contributed by atoms with Gasteiger partial charge in [0.15, 0.2) is 5.82 Å². The number of aromatic amines is 1. The van der Waals surface area contributed by atoms with Gasteiger partial charge in [-0.05, 0) is 79.5 Å². The van der Waals surface area contributed by atoms with Gasteiger partial charge in [0.25, 0.3) is 0 Å². The predicted octanol–water partition coefficient (Wildman–Crippen LogP) is 4.26. The molecule has 1 aromatic carbocycles. The van der Waals surface area contributed by atoms with E-state index in [2.05, 4.69) is 67.3 Å². The molecular weight excluding hydrogens is 478 g/mol. The number of aromatic nitrogens is 4. The Morgan fingerprint density at radius 2 is 2.00 bits per heavy atom. The fraction of sp³-hybridized carbons (Fsp3) is 0.591. The first-order chi connectivity index (χ1) is 14.8. The van der Waals surface area contributed by atoms with Gasteiger partial charge in [0.2, 0.25) is 10.0 Å². The number of nitrogens with one attached hydrogen (secondary N) is 2. The van der Waals surface area contributed by atoms with Gasteiger partial charge in [0, 0.05) is 16.9 Å². The summed E-state index contributed by atoms with van der Waals surface area (Å²) >= 11 is 3.37. The lowest BCUT2D eigenvalue weighted by Crippen LogP contribution is -2.63. The van der Waals surface area contributed by atoms with E-state index in [-0.39, 0.29) is 11.5 Å². The second kappa shape index (κ2) is 9.11. The molecular formula is C22H30BrN5O2S. The van der Waals surface area contributed by atoms with Crippen molar-refractivity contribution in [2.24, 2.45) is 23.2 Å². The first-order valence-electron chi connectivity index (χ1n) is 10.9. The molecule has 168 valence electrons. The number of sulfonamides is 1. The number of hydrogen-bond acceptors (Lipinski definition) is 5. The number of halogens is 1. The average Bonchev–Trinajstić information content (AvgIpc) is 3.24. The number of hydrogen-bond donors (Lipinski definition) is 2. The van der Waals surface area contributed by atoms with Gasteiger partial charge in [0.1, 0.15) is 0 Å². The Labute approximate surface area is 192 Å². The molecule has 31 heavy (non-hydrogen) atoms. The molecule has 0 aliphatic heterocycles. The van der Waals surface area contributed by atoms with Crippen LogP contribution in [0.5, 0.6) is 0 Å². The molecule has 7 nitrogen and oxygen atoms in total. The highest BCUT2D eigenvalue weighted by Gasteiger charge is 2.58. The Kier molecular flexibility index (Phi) is 6.65. The van der Waals surface area contributed by atoms with Crippen molar-refractivity contribution in [2.75, 3.05) is 0 Å². The van der Waals surface area contributed by atoms with Crippen LogP contribution < -0.4 is 4.72 Å². The van der Waals surface area contributed by atoms with Crippen LogP contribution in [0.3, 0.4) is 0 Å². The number of rotatable bonds is 9. The molecule has 0 spiro atoms. The summed E-state index contributed by atoms with van der Waals surface area (Å²) in [6.07, 6.45) is 10.2. The number of H-pyrrole nitrogens is 1. The predicted molar refractivity (Wildman–Crippen MR) is 123 cm³/mol. The first kappa shape index (κ1) is 22.6. The van der Waals surface area contributed by atoms with E-state index in [1.165, 1.54) is 0 Å². The van der Waals surface area contributed by atoms with E-state index in [0.717, 1.165) is 48.8 Å². The van der Waals surface area contributed by atoms with Crippen LogP contribution in [0.1, 0.15) is 51.8 Å². The zero-order valence-corrected chi connectivity index (χ0v) is 20.4. The zero-order chi connectivity index (χ0) is 22.1. The molecule has 1 aromatic heterocycles. The standard InChI is InChI=1S/C22H30BrN5O2S/c1-22(2)16-13-15(7-5-3-4-6-8-20-24-27-28-25-20)21(19(22)14-16)26-31(29,30)18-11-9-17(23)10-12-18/h3,5,9-12,15-16,19,21,26H,4,6-8,13-14H2,1-2H3,(H,24,25,27,28)/b5-3-/t15-,16-,19+,21+/m0/s1. The Morgan fingerprint density at radius 3 is 2.68 bits per heavy atom. The van der Waals surface area contributed by atoms with Crippen LogP contribution in [-0.2, 0) is 16.4 Å². The fourth-order valence-electron chi connectivity index (χ4n) is 5.24.